The highest BCUT2D eigenvalue weighted by Gasteiger charge is 2.34. The van der Waals surface area contributed by atoms with Crippen LogP contribution in [0.3, 0.4) is 0 Å². The lowest BCUT2D eigenvalue weighted by atomic mass is 9.85. The van der Waals surface area contributed by atoms with Gasteiger partial charge in [-0.3, -0.25) is 0 Å². The van der Waals surface area contributed by atoms with Gasteiger partial charge >= 0.3 is 0 Å². The van der Waals surface area contributed by atoms with Crippen LogP contribution in [0.1, 0.15) is 11.1 Å². The van der Waals surface area contributed by atoms with Crippen molar-refractivity contribution < 1.29 is 0 Å². The van der Waals surface area contributed by atoms with E-state index in [0.29, 0.717) is 0 Å². The van der Waals surface area contributed by atoms with E-state index in [4.69, 9.17) is 0 Å². The van der Waals surface area contributed by atoms with Crippen LogP contribution in [-0.2, 0) is 6.42 Å². The number of hydrogen-bond acceptors (Lipinski definition) is 3. The number of aromatic amines is 2. The lowest BCUT2D eigenvalue weighted by molar-refractivity contribution is 1.30. The first-order valence-electron chi connectivity index (χ1n) is 16.6. The van der Waals surface area contributed by atoms with Gasteiger partial charge in [-0.25, -0.2) is 0 Å². The van der Waals surface area contributed by atoms with Crippen molar-refractivity contribution >= 4 is 183 Å². The second-order valence-corrected chi connectivity index (χ2v) is 17.0. The largest absolute Gasteiger partial charge is 0.353 e. The third-order valence-electron chi connectivity index (χ3n) is 12.7. The number of fused-ring (bicyclic) bond motifs is 6. The minimum absolute atomic E-state index is 1.01. The second-order valence-electron chi connectivity index (χ2n) is 14.4. The van der Waals surface area contributed by atoms with Crippen molar-refractivity contribution in [2.45, 2.75) is 6.42 Å². The minimum atomic E-state index is 1.01. The Morgan fingerprint density at radius 2 is 0.833 bits per heavy atom. The van der Waals surface area contributed by atoms with Crippen LogP contribution in [0.15, 0.2) is 70.7 Å². The fourth-order valence-electron chi connectivity index (χ4n) is 11.2. The maximum absolute atomic E-state index is 4.03. The Hall–Kier alpha value is -5.20. The zero-order valence-electron chi connectivity index (χ0n) is 24.9. The van der Waals surface area contributed by atoms with E-state index in [1.54, 1.807) is 5.56 Å². The van der Waals surface area contributed by atoms with Gasteiger partial charge in [0.15, 0.2) is 0 Å². The third kappa shape index (κ3) is 1.91. The molecule has 0 saturated carbocycles. The average Bonchev–Trinajstić information content (AvgIpc) is 3.94. The fourth-order valence-corrected chi connectivity index (χ4v) is 14.5. The topological polar surface area (TPSA) is 31.6 Å². The van der Waals surface area contributed by atoms with Gasteiger partial charge in [0.1, 0.15) is 0 Å². The summed E-state index contributed by atoms with van der Waals surface area (Å²) in [6.45, 7) is 0. The van der Waals surface area contributed by atoms with Gasteiger partial charge in [0, 0.05) is 103 Å². The molecule has 1 aliphatic rings. The van der Waals surface area contributed by atoms with Crippen molar-refractivity contribution in [1.82, 2.24) is 9.97 Å². The SMILES string of the molecule is c1cc2c3c(c1)c1csc4c5[nH]c6cccc7c8csc9c%10[nH]c%11cccc%12c%13csc%14c(c3c3c(c%14%13)c(c%10c%11%12)c(c89)c(c5c67)c3c14)C2. The van der Waals surface area contributed by atoms with Crippen molar-refractivity contribution in [3.8, 4) is 0 Å². The van der Waals surface area contributed by atoms with Gasteiger partial charge in [-0.05, 0) is 71.7 Å². The molecule has 0 saturated heterocycles. The van der Waals surface area contributed by atoms with Crippen molar-refractivity contribution in [2.75, 3.05) is 0 Å². The van der Waals surface area contributed by atoms with E-state index < -0.39 is 0 Å². The Labute approximate surface area is 280 Å². The molecule has 2 nitrogen and oxygen atoms in total. The molecule has 0 aliphatic heterocycles. The van der Waals surface area contributed by atoms with E-state index in [1.807, 2.05) is 34.0 Å². The predicted octanol–water partition coefficient (Wildman–Crippen LogP) is 13.8. The Bertz CT molecular complexity index is 3950. The van der Waals surface area contributed by atoms with Gasteiger partial charge in [0.25, 0.3) is 0 Å². The smallest absolute Gasteiger partial charge is 0.0653 e. The second kappa shape index (κ2) is 6.58. The summed E-state index contributed by atoms with van der Waals surface area (Å²) < 4.78 is 4.28. The molecule has 0 spiro atoms. The molecule has 0 unspecified atom stereocenters. The van der Waals surface area contributed by atoms with E-state index in [1.165, 1.54) is 155 Å². The van der Waals surface area contributed by atoms with Crippen LogP contribution < -0.4 is 0 Å². The molecule has 0 amide bonds. The standard InChI is InChI=1S/C43H16N2S3/c1-4-14-10-18-27-24(14)15(5-1)19-12-47-42-29(19)33-31(27)32-28-20(11-46-41(18)28)16-6-2-8-22-25(16)37-35(32)34-30-21(13-48-43(30)39(37)44-22)17-7-3-9-23-26(17)38(36(33)34)40(42)45-23/h1-9,11-13,44-45H,10H2. The van der Waals surface area contributed by atoms with Crippen LogP contribution in [0.5, 0.6) is 0 Å². The Balaban J connectivity index is 1.51. The molecule has 1 aliphatic carbocycles. The summed E-state index contributed by atoms with van der Waals surface area (Å²) in [6.07, 6.45) is 1.01. The van der Waals surface area contributed by atoms with Crippen LogP contribution in [0, 0.1) is 0 Å². The molecule has 0 fully saturated rings. The third-order valence-corrected chi connectivity index (χ3v) is 15.7. The molecule has 0 bridgehead atoms. The zero-order valence-corrected chi connectivity index (χ0v) is 27.3. The van der Waals surface area contributed by atoms with E-state index in [0.717, 1.165) is 6.42 Å². The molecule has 10 aromatic carbocycles. The predicted molar refractivity (Wildman–Crippen MR) is 213 cm³/mol. The van der Waals surface area contributed by atoms with Gasteiger partial charge in [-0.2, -0.15) is 0 Å². The summed E-state index contributed by atoms with van der Waals surface area (Å²) in [7, 11) is 0. The number of benzene rings is 7. The first-order chi connectivity index (χ1) is 23.8. The summed E-state index contributed by atoms with van der Waals surface area (Å²) >= 11 is 5.84. The monoisotopic (exact) mass is 656 g/mol. The molecule has 48 heavy (non-hydrogen) atoms. The number of aromatic nitrogens is 2. The molecule has 0 atom stereocenters. The fraction of sp³-hybridized carbons (Fsp3) is 0.0233. The molecule has 2 N–H and O–H groups in total. The summed E-state index contributed by atoms with van der Waals surface area (Å²) in [5.74, 6) is 0. The highest BCUT2D eigenvalue weighted by atomic mass is 32.1. The molecule has 216 valence electrons. The molecular formula is C43H16N2S3. The molecule has 0 radical (unpaired) electrons. The van der Waals surface area contributed by atoms with Crippen LogP contribution in [0.25, 0.3) is 149 Å². The summed E-state index contributed by atoms with van der Waals surface area (Å²) in [4.78, 5) is 8.05. The molecule has 5 heteroatoms. The Morgan fingerprint density at radius 1 is 0.375 bits per heavy atom. The molecule has 5 aromatic heterocycles. The number of thiophene rings is 3. The maximum Gasteiger partial charge on any atom is 0.0653 e. The van der Waals surface area contributed by atoms with Gasteiger partial charge < -0.3 is 9.97 Å². The number of H-pyrrole nitrogens is 2. The summed E-state index contributed by atoms with van der Waals surface area (Å²) in [5, 5.41) is 37.7. The van der Waals surface area contributed by atoms with Crippen molar-refractivity contribution in [2.24, 2.45) is 0 Å². The molecule has 5 heterocycles. The van der Waals surface area contributed by atoms with Gasteiger partial charge in [0.2, 0.25) is 0 Å². The van der Waals surface area contributed by atoms with Crippen LogP contribution in [0.2, 0.25) is 0 Å². The average molecular weight is 657 g/mol. The number of hydrogen-bond donors (Lipinski definition) is 2. The van der Waals surface area contributed by atoms with Gasteiger partial charge in [-0.15, -0.1) is 34.0 Å². The van der Waals surface area contributed by atoms with Gasteiger partial charge in [-0.1, -0.05) is 42.5 Å². The highest BCUT2D eigenvalue weighted by Crippen LogP contribution is 2.62. The lowest BCUT2D eigenvalue weighted by Gasteiger charge is -2.17. The Kier molecular flexibility index (Phi) is 3.07. The molecule has 15 aromatic rings. The van der Waals surface area contributed by atoms with E-state index in [-0.39, 0.29) is 0 Å². The van der Waals surface area contributed by atoms with E-state index in [9.17, 15) is 0 Å². The normalized spacial score (nSPS) is 14.6. The lowest BCUT2D eigenvalue weighted by Crippen LogP contribution is -1.90. The highest BCUT2D eigenvalue weighted by molar-refractivity contribution is 7.20. The Morgan fingerprint density at radius 3 is 1.42 bits per heavy atom. The van der Waals surface area contributed by atoms with Crippen molar-refractivity contribution in [3.05, 3.63) is 81.9 Å². The molecule has 16 rings (SSSR count). The maximum atomic E-state index is 4.03. The summed E-state index contributed by atoms with van der Waals surface area (Å²) in [6, 6.07) is 21.0. The first kappa shape index (κ1) is 22.4. The minimum Gasteiger partial charge on any atom is -0.353 e. The quantitative estimate of drug-likeness (QED) is 0.152. The van der Waals surface area contributed by atoms with Gasteiger partial charge in [0.05, 0.1) is 20.4 Å². The zero-order chi connectivity index (χ0) is 30.0. The van der Waals surface area contributed by atoms with Crippen LogP contribution >= 0.6 is 34.0 Å². The summed E-state index contributed by atoms with van der Waals surface area (Å²) in [5.41, 5.74) is 8.14. The van der Waals surface area contributed by atoms with Crippen LogP contribution in [0.4, 0.5) is 0 Å². The molecular weight excluding hydrogens is 641 g/mol. The van der Waals surface area contributed by atoms with E-state index in [2.05, 4.69) is 80.7 Å². The number of nitrogens with one attached hydrogen (secondary N) is 2. The van der Waals surface area contributed by atoms with Crippen molar-refractivity contribution in [1.29, 1.82) is 0 Å². The van der Waals surface area contributed by atoms with Crippen molar-refractivity contribution in [3.63, 3.8) is 0 Å². The van der Waals surface area contributed by atoms with E-state index >= 15 is 0 Å². The number of rotatable bonds is 0. The van der Waals surface area contributed by atoms with Crippen LogP contribution in [-0.4, -0.2) is 9.97 Å². The first-order valence-corrected chi connectivity index (χ1v) is 19.3.